The summed E-state index contributed by atoms with van der Waals surface area (Å²) in [5.74, 6) is -0.271. The summed E-state index contributed by atoms with van der Waals surface area (Å²) in [6.45, 7) is 0.274. The standard InChI is InChI=1S/C18H15FN2O2/c19-17-8-6-15(7-9-17)12-22-20-11-16-13-23-21-18(16)10-14-4-2-1-3-5-14/h1-9,11,13H,10,12H2/b20-11+. The van der Waals surface area contributed by atoms with Crippen LogP contribution >= 0.6 is 0 Å². The molecule has 0 saturated heterocycles. The molecule has 0 aliphatic rings. The van der Waals surface area contributed by atoms with Crippen LogP contribution < -0.4 is 0 Å². The van der Waals surface area contributed by atoms with E-state index >= 15 is 0 Å². The minimum absolute atomic E-state index is 0.271. The van der Waals surface area contributed by atoms with Crippen molar-refractivity contribution in [1.29, 1.82) is 0 Å². The van der Waals surface area contributed by atoms with Crippen molar-refractivity contribution < 1.29 is 13.8 Å². The molecule has 0 unspecified atom stereocenters. The van der Waals surface area contributed by atoms with E-state index in [4.69, 9.17) is 9.36 Å². The number of hydrogen-bond acceptors (Lipinski definition) is 4. The first-order chi connectivity index (χ1) is 11.3. The number of benzene rings is 2. The molecule has 0 fully saturated rings. The first-order valence-electron chi connectivity index (χ1n) is 7.18. The molecule has 0 atom stereocenters. The summed E-state index contributed by atoms with van der Waals surface area (Å²) < 4.78 is 17.8. The lowest BCUT2D eigenvalue weighted by molar-refractivity contribution is 0.132. The van der Waals surface area contributed by atoms with Crippen molar-refractivity contribution in [3.63, 3.8) is 0 Å². The van der Waals surface area contributed by atoms with Gasteiger partial charge in [0.05, 0.1) is 17.5 Å². The molecule has 4 nitrogen and oxygen atoms in total. The Balaban J connectivity index is 1.58. The van der Waals surface area contributed by atoms with Crippen molar-refractivity contribution in [2.24, 2.45) is 5.16 Å². The quantitative estimate of drug-likeness (QED) is 0.511. The molecule has 0 N–H and O–H groups in total. The van der Waals surface area contributed by atoms with Gasteiger partial charge in [-0.3, -0.25) is 0 Å². The van der Waals surface area contributed by atoms with Gasteiger partial charge in [-0.2, -0.15) is 0 Å². The summed E-state index contributed by atoms with van der Waals surface area (Å²) in [5, 5.41) is 7.91. The Morgan fingerprint density at radius 1 is 1.04 bits per heavy atom. The summed E-state index contributed by atoms with van der Waals surface area (Å²) >= 11 is 0. The van der Waals surface area contributed by atoms with E-state index in [1.807, 2.05) is 30.3 Å². The van der Waals surface area contributed by atoms with Gasteiger partial charge < -0.3 is 9.36 Å². The van der Waals surface area contributed by atoms with Gasteiger partial charge >= 0.3 is 0 Å². The molecule has 1 heterocycles. The van der Waals surface area contributed by atoms with Crippen LogP contribution in [0.4, 0.5) is 4.39 Å². The van der Waals surface area contributed by atoms with Crippen molar-refractivity contribution in [2.45, 2.75) is 13.0 Å². The summed E-state index contributed by atoms with van der Waals surface area (Å²) in [6, 6.07) is 16.1. The van der Waals surface area contributed by atoms with Crippen LogP contribution in [0.2, 0.25) is 0 Å². The van der Waals surface area contributed by atoms with Gasteiger partial charge in [0.2, 0.25) is 0 Å². The van der Waals surface area contributed by atoms with Crippen LogP contribution in [0.5, 0.6) is 0 Å². The number of hydrogen-bond donors (Lipinski definition) is 0. The van der Waals surface area contributed by atoms with Gasteiger partial charge in [0.15, 0.2) is 0 Å². The number of aromatic nitrogens is 1. The van der Waals surface area contributed by atoms with Crippen molar-refractivity contribution in [3.05, 3.63) is 89.1 Å². The van der Waals surface area contributed by atoms with Gasteiger partial charge in [0, 0.05) is 6.42 Å². The lowest BCUT2D eigenvalue weighted by Crippen LogP contribution is -1.94. The molecular formula is C18H15FN2O2. The van der Waals surface area contributed by atoms with E-state index < -0.39 is 0 Å². The molecule has 23 heavy (non-hydrogen) atoms. The SMILES string of the molecule is Fc1ccc(CO/N=C/c2conc2Cc2ccccc2)cc1. The molecule has 0 bridgehead atoms. The lowest BCUT2D eigenvalue weighted by atomic mass is 10.1. The lowest BCUT2D eigenvalue weighted by Gasteiger charge is -2.00. The maximum atomic E-state index is 12.8. The summed E-state index contributed by atoms with van der Waals surface area (Å²) in [4.78, 5) is 5.22. The van der Waals surface area contributed by atoms with Crippen LogP contribution in [-0.4, -0.2) is 11.4 Å². The van der Waals surface area contributed by atoms with Crippen molar-refractivity contribution in [1.82, 2.24) is 5.16 Å². The third-order valence-corrected chi connectivity index (χ3v) is 3.30. The van der Waals surface area contributed by atoms with Crippen molar-refractivity contribution >= 4 is 6.21 Å². The molecule has 3 aromatic rings. The summed E-state index contributed by atoms with van der Waals surface area (Å²) in [7, 11) is 0. The Morgan fingerprint density at radius 2 is 1.83 bits per heavy atom. The van der Waals surface area contributed by atoms with Gasteiger partial charge in [-0.05, 0) is 23.3 Å². The third kappa shape index (κ3) is 4.26. The molecule has 0 amide bonds. The van der Waals surface area contributed by atoms with E-state index in [2.05, 4.69) is 10.3 Å². The molecule has 0 aliphatic heterocycles. The summed E-state index contributed by atoms with van der Waals surface area (Å²) in [5.41, 5.74) is 3.56. The molecule has 116 valence electrons. The largest absolute Gasteiger partial charge is 0.391 e. The van der Waals surface area contributed by atoms with E-state index in [1.54, 1.807) is 18.3 Å². The van der Waals surface area contributed by atoms with Crippen LogP contribution in [0.1, 0.15) is 22.4 Å². The molecule has 0 spiro atoms. The second kappa shape index (κ2) is 7.35. The molecule has 0 aliphatic carbocycles. The van der Waals surface area contributed by atoms with Crippen molar-refractivity contribution in [2.75, 3.05) is 0 Å². The van der Waals surface area contributed by atoms with Crippen LogP contribution in [0.15, 0.2) is 70.5 Å². The van der Waals surface area contributed by atoms with Crippen LogP contribution in [-0.2, 0) is 17.9 Å². The Hall–Kier alpha value is -2.95. The van der Waals surface area contributed by atoms with E-state index in [0.29, 0.717) is 6.42 Å². The number of rotatable bonds is 6. The molecule has 0 radical (unpaired) electrons. The van der Waals surface area contributed by atoms with Gasteiger partial charge in [-0.1, -0.05) is 52.8 Å². The fraction of sp³-hybridized carbons (Fsp3) is 0.111. The minimum atomic E-state index is -0.271. The maximum Gasteiger partial charge on any atom is 0.142 e. The van der Waals surface area contributed by atoms with Crippen LogP contribution in [0, 0.1) is 5.82 Å². The highest BCUT2D eigenvalue weighted by molar-refractivity contribution is 5.80. The van der Waals surface area contributed by atoms with Crippen LogP contribution in [0.3, 0.4) is 0 Å². The number of oxime groups is 1. The molecule has 1 aromatic heterocycles. The number of halogens is 1. The monoisotopic (exact) mass is 310 g/mol. The Kier molecular flexibility index (Phi) is 4.79. The van der Waals surface area contributed by atoms with Gasteiger partial charge in [-0.15, -0.1) is 0 Å². The average Bonchev–Trinajstić information content (AvgIpc) is 3.01. The van der Waals surface area contributed by atoms with E-state index in [0.717, 1.165) is 22.4 Å². The smallest absolute Gasteiger partial charge is 0.142 e. The number of nitrogens with zero attached hydrogens (tertiary/aromatic N) is 2. The van der Waals surface area contributed by atoms with Crippen molar-refractivity contribution in [3.8, 4) is 0 Å². The fourth-order valence-corrected chi connectivity index (χ4v) is 2.08. The highest BCUT2D eigenvalue weighted by Crippen LogP contribution is 2.11. The van der Waals surface area contributed by atoms with E-state index in [-0.39, 0.29) is 12.4 Å². The Labute approximate surface area is 133 Å². The van der Waals surface area contributed by atoms with Gasteiger partial charge in [-0.25, -0.2) is 4.39 Å². The predicted molar refractivity (Wildman–Crippen MR) is 84.5 cm³/mol. The zero-order valence-electron chi connectivity index (χ0n) is 12.4. The Morgan fingerprint density at radius 3 is 2.61 bits per heavy atom. The summed E-state index contributed by atoms with van der Waals surface area (Å²) in [6.07, 6.45) is 3.76. The molecule has 3 rings (SSSR count). The van der Waals surface area contributed by atoms with Gasteiger partial charge in [0.1, 0.15) is 18.7 Å². The second-order valence-electron chi connectivity index (χ2n) is 5.01. The maximum absolute atomic E-state index is 12.8. The zero-order chi connectivity index (χ0) is 15.9. The minimum Gasteiger partial charge on any atom is -0.391 e. The molecular weight excluding hydrogens is 295 g/mol. The first-order valence-corrected chi connectivity index (χ1v) is 7.18. The molecule has 0 saturated carbocycles. The zero-order valence-corrected chi connectivity index (χ0v) is 12.4. The predicted octanol–water partition coefficient (Wildman–Crippen LogP) is 3.96. The van der Waals surface area contributed by atoms with E-state index in [9.17, 15) is 4.39 Å². The highest BCUT2D eigenvalue weighted by Gasteiger charge is 2.06. The third-order valence-electron chi connectivity index (χ3n) is 3.30. The van der Waals surface area contributed by atoms with Gasteiger partial charge in [0.25, 0.3) is 0 Å². The highest BCUT2D eigenvalue weighted by atomic mass is 19.1. The molecule has 2 aromatic carbocycles. The molecule has 5 heteroatoms. The Bertz CT molecular complexity index is 767. The second-order valence-corrected chi connectivity index (χ2v) is 5.01. The van der Waals surface area contributed by atoms with Crippen LogP contribution in [0.25, 0.3) is 0 Å². The fourth-order valence-electron chi connectivity index (χ4n) is 2.08. The first kappa shape index (κ1) is 15.0. The topological polar surface area (TPSA) is 47.6 Å². The van der Waals surface area contributed by atoms with E-state index in [1.165, 1.54) is 18.4 Å². The normalized spacial score (nSPS) is 11.0. The average molecular weight is 310 g/mol.